The Morgan fingerprint density at radius 3 is 2.58 bits per heavy atom. The van der Waals surface area contributed by atoms with E-state index in [4.69, 9.17) is 9.47 Å². The monoisotopic (exact) mass is 325 g/mol. The summed E-state index contributed by atoms with van der Waals surface area (Å²) in [5.41, 5.74) is 1.52. The maximum absolute atomic E-state index is 5.44. The fourth-order valence-electron chi connectivity index (χ4n) is 2.91. The first-order valence-corrected chi connectivity index (χ1v) is 7.79. The minimum atomic E-state index is 0.286. The quantitative estimate of drug-likeness (QED) is 0.911. The number of nitrogens with one attached hydrogen (secondary N) is 1. The lowest BCUT2D eigenvalue weighted by Gasteiger charge is -2.35. The zero-order valence-electron chi connectivity index (χ0n) is 11.3. The lowest BCUT2D eigenvalue weighted by atomic mass is 9.83. The maximum atomic E-state index is 5.44. The summed E-state index contributed by atoms with van der Waals surface area (Å²) in [4.78, 5) is 0. The summed E-state index contributed by atoms with van der Waals surface area (Å²) in [6, 6.07) is 4.08. The average Bonchev–Trinajstić information content (AvgIpc) is 2.84. The number of benzene rings is 1. The van der Waals surface area contributed by atoms with E-state index in [0.29, 0.717) is 6.79 Å². The predicted molar refractivity (Wildman–Crippen MR) is 78.6 cm³/mol. The van der Waals surface area contributed by atoms with Crippen LogP contribution in [0.5, 0.6) is 11.5 Å². The summed E-state index contributed by atoms with van der Waals surface area (Å²) >= 11 is 3.62. The van der Waals surface area contributed by atoms with E-state index in [1.165, 1.54) is 37.7 Å². The third-order valence-corrected chi connectivity index (χ3v) is 4.94. The van der Waals surface area contributed by atoms with E-state index in [0.717, 1.165) is 22.5 Å². The summed E-state index contributed by atoms with van der Waals surface area (Å²) in [5.74, 6) is 1.69. The molecule has 104 valence electrons. The fraction of sp³-hybridized carbons (Fsp3) is 0.600. The molecule has 1 N–H and O–H groups in total. The van der Waals surface area contributed by atoms with E-state index in [1.54, 1.807) is 0 Å². The molecule has 0 spiro atoms. The van der Waals surface area contributed by atoms with E-state index in [2.05, 4.69) is 34.2 Å². The van der Waals surface area contributed by atoms with Crippen LogP contribution in [0.25, 0.3) is 0 Å². The van der Waals surface area contributed by atoms with Crippen LogP contribution in [0, 0.1) is 0 Å². The number of ether oxygens (including phenoxy) is 2. The third-order valence-electron chi connectivity index (χ3n) is 4.20. The van der Waals surface area contributed by atoms with Crippen molar-refractivity contribution >= 4 is 15.9 Å². The van der Waals surface area contributed by atoms with Crippen LogP contribution in [0.1, 0.15) is 44.6 Å². The minimum absolute atomic E-state index is 0.286. The normalized spacial score (nSPS) is 20.5. The second-order valence-corrected chi connectivity index (χ2v) is 6.63. The maximum Gasteiger partial charge on any atom is 0.231 e. The van der Waals surface area contributed by atoms with Crippen molar-refractivity contribution in [1.82, 2.24) is 5.32 Å². The predicted octanol–water partition coefficient (Wildman–Crippen LogP) is 3.99. The second kappa shape index (κ2) is 5.33. The van der Waals surface area contributed by atoms with Crippen molar-refractivity contribution in [3.63, 3.8) is 0 Å². The number of hydrogen-bond acceptors (Lipinski definition) is 3. The Hall–Kier alpha value is -0.740. The van der Waals surface area contributed by atoms with Crippen LogP contribution in [0.4, 0.5) is 0 Å². The molecule has 0 unspecified atom stereocenters. The molecule has 4 heteroatoms. The Balaban J connectivity index is 1.69. The molecule has 2 aliphatic rings. The van der Waals surface area contributed by atoms with Crippen molar-refractivity contribution in [2.24, 2.45) is 0 Å². The van der Waals surface area contributed by atoms with Crippen LogP contribution in [-0.2, 0) is 6.54 Å². The van der Waals surface area contributed by atoms with Crippen molar-refractivity contribution in [3.8, 4) is 11.5 Å². The fourth-order valence-corrected chi connectivity index (χ4v) is 3.37. The topological polar surface area (TPSA) is 30.5 Å². The molecule has 1 fully saturated rings. The van der Waals surface area contributed by atoms with Crippen molar-refractivity contribution in [1.29, 1.82) is 0 Å². The van der Waals surface area contributed by atoms with Crippen molar-refractivity contribution in [2.75, 3.05) is 6.79 Å². The van der Waals surface area contributed by atoms with Gasteiger partial charge in [-0.1, -0.05) is 35.2 Å². The van der Waals surface area contributed by atoms with Gasteiger partial charge in [0.25, 0.3) is 0 Å². The highest BCUT2D eigenvalue weighted by molar-refractivity contribution is 9.10. The van der Waals surface area contributed by atoms with Gasteiger partial charge in [0.05, 0.1) is 0 Å². The molecule has 0 radical (unpaired) electrons. The van der Waals surface area contributed by atoms with E-state index < -0.39 is 0 Å². The molecule has 0 aromatic heterocycles. The Bertz CT molecular complexity index is 469. The highest BCUT2D eigenvalue weighted by Gasteiger charge is 2.26. The first-order valence-electron chi connectivity index (χ1n) is 6.99. The van der Waals surface area contributed by atoms with Gasteiger partial charge in [0.15, 0.2) is 11.5 Å². The number of halogens is 1. The molecule has 0 amide bonds. The standard InChI is InChI=1S/C15H20BrNO2/c1-15(5-3-2-4-6-15)17-9-11-7-13-14(8-12(11)16)19-10-18-13/h7-8,17H,2-6,9-10H2,1H3. The highest BCUT2D eigenvalue weighted by Crippen LogP contribution is 2.37. The van der Waals surface area contributed by atoms with Gasteiger partial charge in [-0.15, -0.1) is 0 Å². The average molecular weight is 326 g/mol. The SMILES string of the molecule is CC1(NCc2cc3c(cc2Br)OCO3)CCCCC1. The molecule has 0 bridgehead atoms. The molecule has 1 aromatic carbocycles. The Kier molecular flexibility index (Phi) is 3.72. The van der Waals surface area contributed by atoms with Crippen LogP contribution in [0.2, 0.25) is 0 Å². The third kappa shape index (κ3) is 2.90. The van der Waals surface area contributed by atoms with Gasteiger partial charge in [-0.05, 0) is 37.5 Å². The summed E-state index contributed by atoms with van der Waals surface area (Å²) in [6.07, 6.45) is 6.60. The van der Waals surface area contributed by atoms with Gasteiger partial charge in [0, 0.05) is 16.6 Å². The van der Waals surface area contributed by atoms with Crippen molar-refractivity contribution in [2.45, 2.75) is 51.1 Å². The van der Waals surface area contributed by atoms with Gasteiger partial charge >= 0.3 is 0 Å². The van der Waals surface area contributed by atoms with Crippen LogP contribution < -0.4 is 14.8 Å². The summed E-state index contributed by atoms with van der Waals surface area (Å²) in [6.45, 7) is 3.54. The minimum Gasteiger partial charge on any atom is -0.454 e. The van der Waals surface area contributed by atoms with Crippen LogP contribution >= 0.6 is 15.9 Å². The highest BCUT2D eigenvalue weighted by atomic mass is 79.9. The number of hydrogen-bond donors (Lipinski definition) is 1. The Morgan fingerprint density at radius 1 is 1.16 bits per heavy atom. The molecule has 1 heterocycles. The van der Waals surface area contributed by atoms with Gasteiger partial charge in [0.2, 0.25) is 6.79 Å². The van der Waals surface area contributed by atoms with Gasteiger partial charge in [0.1, 0.15) is 0 Å². The van der Waals surface area contributed by atoms with Crippen LogP contribution in [0.15, 0.2) is 16.6 Å². The van der Waals surface area contributed by atoms with E-state index in [-0.39, 0.29) is 5.54 Å². The Labute approximate surface area is 122 Å². The molecule has 1 saturated carbocycles. The van der Waals surface area contributed by atoms with Gasteiger partial charge in [-0.2, -0.15) is 0 Å². The zero-order valence-corrected chi connectivity index (χ0v) is 12.9. The molecule has 19 heavy (non-hydrogen) atoms. The molecule has 1 aromatic rings. The molecule has 3 rings (SSSR count). The lowest BCUT2D eigenvalue weighted by Crippen LogP contribution is -2.43. The molecule has 0 saturated heterocycles. The first kappa shape index (κ1) is 13.3. The number of rotatable bonds is 3. The van der Waals surface area contributed by atoms with Gasteiger partial charge in [-0.3, -0.25) is 0 Å². The molecular formula is C15H20BrNO2. The number of fused-ring (bicyclic) bond motifs is 1. The molecule has 1 aliphatic heterocycles. The summed E-state index contributed by atoms with van der Waals surface area (Å²) in [7, 11) is 0. The van der Waals surface area contributed by atoms with Crippen molar-refractivity contribution in [3.05, 3.63) is 22.2 Å². The molecular weight excluding hydrogens is 306 g/mol. The van der Waals surface area contributed by atoms with Gasteiger partial charge in [-0.25, -0.2) is 0 Å². The second-order valence-electron chi connectivity index (χ2n) is 5.77. The van der Waals surface area contributed by atoms with Crippen LogP contribution in [-0.4, -0.2) is 12.3 Å². The molecule has 3 nitrogen and oxygen atoms in total. The molecule has 1 aliphatic carbocycles. The van der Waals surface area contributed by atoms with E-state index in [1.807, 2.05) is 6.07 Å². The smallest absolute Gasteiger partial charge is 0.231 e. The van der Waals surface area contributed by atoms with Crippen molar-refractivity contribution < 1.29 is 9.47 Å². The summed E-state index contributed by atoms with van der Waals surface area (Å²) < 4.78 is 11.9. The summed E-state index contributed by atoms with van der Waals surface area (Å²) in [5, 5.41) is 3.72. The van der Waals surface area contributed by atoms with E-state index in [9.17, 15) is 0 Å². The van der Waals surface area contributed by atoms with E-state index >= 15 is 0 Å². The first-order chi connectivity index (χ1) is 9.16. The largest absolute Gasteiger partial charge is 0.454 e. The Morgan fingerprint density at radius 2 is 1.84 bits per heavy atom. The van der Waals surface area contributed by atoms with Gasteiger partial charge < -0.3 is 14.8 Å². The van der Waals surface area contributed by atoms with Crippen LogP contribution in [0.3, 0.4) is 0 Å². The molecule has 0 atom stereocenters. The zero-order chi connectivity index (χ0) is 13.3. The lowest BCUT2D eigenvalue weighted by molar-refractivity contribution is 0.174.